The first-order chi connectivity index (χ1) is 12.7. The van der Waals surface area contributed by atoms with E-state index in [0.29, 0.717) is 6.42 Å². The van der Waals surface area contributed by atoms with Gasteiger partial charge in [0.25, 0.3) is 5.91 Å². The highest BCUT2D eigenvalue weighted by Crippen LogP contribution is 2.25. The number of carbonyl (C=O) groups excluding carboxylic acids is 1. The molecule has 0 aromatic heterocycles. The average molecular weight is 368 g/mol. The summed E-state index contributed by atoms with van der Waals surface area (Å²) in [6, 6.07) is 16.4. The Bertz CT molecular complexity index is 726. The molecule has 0 saturated carbocycles. The van der Waals surface area contributed by atoms with Crippen LogP contribution < -0.4 is 10.1 Å². The van der Waals surface area contributed by atoms with Gasteiger partial charge in [0.15, 0.2) is 6.10 Å². The van der Waals surface area contributed by atoms with Gasteiger partial charge in [0.05, 0.1) is 6.04 Å². The van der Waals surface area contributed by atoms with Gasteiger partial charge >= 0.3 is 0 Å². The van der Waals surface area contributed by atoms with Crippen molar-refractivity contribution in [1.82, 2.24) is 5.32 Å². The molecule has 2 aromatic rings. The van der Waals surface area contributed by atoms with Gasteiger partial charge in [0.1, 0.15) is 5.75 Å². The first kappa shape index (κ1) is 21.0. The SMILES string of the molecule is CCc1ccc(C(C)NC(=O)C(CC)Oc2ccc(C(C)(C)C)cc2)cc1. The summed E-state index contributed by atoms with van der Waals surface area (Å²) in [5.41, 5.74) is 3.75. The van der Waals surface area contributed by atoms with Crippen LogP contribution in [0.1, 0.15) is 70.7 Å². The Morgan fingerprint density at radius 3 is 2.07 bits per heavy atom. The summed E-state index contributed by atoms with van der Waals surface area (Å²) in [4.78, 5) is 12.7. The maximum atomic E-state index is 12.7. The molecule has 0 aliphatic rings. The zero-order valence-corrected chi connectivity index (χ0v) is 17.5. The van der Waals surface area contributed by atoms with Crippen molar-refractivity contribution in [3.8, 4) is 5.75 Å². The Kier molecular flexibility index (Phi) is 7.06. The smallest absolute Gasteiger partial charge is 0.261 e. The second-order valence-corrected chi connectivity index (χ2v) is 8.11. The standard InChI is InChI=1S/C24H33NO2/c1-7-18-9-11-19(12-10-18)17(3)25-23(26)22(8-2)27-21-15-13-20(14-16-21)24(4,5)6/h9-17,22H,7-8H2,1-6H3,(H,25,26). The third kappa shape index (κ3) is 5.85. The maximum Gasteiger partial charge on any atom is 0.261 e. The molecule has 1 N–H and O–H groups in total. The number of benzene rings is 2. The molecule has 0 spiro atoms. The van der Waals surface area contributed by atoms with E-state index in [1.807, 2.05) is 26.0 Å². The lowest BCUT2D eigenvalue weighted by molar-refractivity contribution is -0.128. The molecular formula is C24H33NO2. The molecule has 0 aliphatic heterocycles. The van der Waals surface area contributed by atoms with Crippen molar-refractivity contribution in [3.63, 3.8) is 0 Å². The molecule has 3 heteroatoms. The van der Waals surface area contributed by atoms with Crippen molar-refractivity contribution in [1.29, 1.82) is 0 Å². The number of rotatable bonds is 7. The highest BCUT2D eigenvalue weighted by Gasteiger charge is 2.21. The van der Waals surface area contributed by atoms with Gasteiger partial charge < -0.3 is 10.1 Å². The Morgan fingerprint density at radius 1 is 1.00 bits per heavy atom. The first-order valence-electron chi connectivity index (χ1n) is 9.91. The van der Waals surface area contributed by atoms with E-state index in [2.05, 4.69) is 69.4 Å². The summed E-state index contributed by atoms with van der Waals surface area (Å²) in [6.45, 7) is 12.6. The van der Waals surface area contributed by atoms with Gasteiger partial charge in [-0.3, -0.25) is 4.79 Å². The van der Waals surface area contributed by atoms with Crippen LogP contribution in [0.4, 0.5) is 0 Å². The zero-order valence-electron chi connectivity index (χ0n) is 17.5. The van der Waals surface area contributed by atoms with E-state index in [-0.39, 0.29) is 17.4 Å². The number of ether oxygens (including phenoxy) is 1. The van der Waals surface area contributed by atoms with Crippen LogP contribution in [0, 0.1) is 0 Å². The largest absolute Gasteiger partial charge is 0.481 e. The molecule has 2 rings (SSSR count). The molecule has 3 nitrogen and oxygen atoms in total. The second-order valence-electron chi connectivity index (χ2n) is 8.11. The van der Waals surface area contributed by atoms with E-state index in [0.717, 1.165) is 17.7 Å². The highest BCUT2D eigenvalue weighted by atomic mass is 16.5. The van der Waals surface area contributed by atoms with Gasteiger partial charge in [-0.05, 0) is 54.0 Å². The lowest BCUT2D eigenvalue weighted by atomic mass is 9.87. The van der Waals surface area contributed by atoms with Crippen molar-refractivity contribution < 1.29 is 9.53 Å². The summed E-state index contributed by atoms with van der Waals surface area (Å²) in [7, 11) is 0. The van der Waals surface area contributed by atoms with Crippen LogP contribution in [-0.4, -0.2) is 12.0 Å². The monoisotopic (exact) mass is 367 g/mol. The molecule has 27 heavy (non-hydrogen) atoms. The topological polar surface area (TPSA) is 38.3 Å². The van der Waals surface area contributed by atoms with Crippen LogP contribution in [0.25, 0.3) is 0 Å². The summed E-state index contributed by atoms with van der Waals surface area (Å²) in [5, 5.41) is 3.08. The molecule has 2 atom stereocenters. The molecule has 2 aromatic carbocycles. The Labute approximate surface area is 164 Å². The fourth-order valence-electron chi connectivity index (χ4n) is 2.95. The summed E-state index contributed by atoms with van der Waals surface area (Å²) in [5.74, 6) is 0.648. The van der Waals surface area contributed by atoms with Gasteiger partial charge in [0.2, 0.25) is 0 Å². The third-order valence-corrected chi connectivity index (χ3v) is 4.91. The van der Waals surface area contributed by atoms with Crippen LogP contribution in [0.2, 0.25) is 0 Å². The molecule has 146 valence electrons. The van der Waals surface area contributed by atoms with Crippen LogP contribution >= 0.6 is 0 Å². The van der Waals surface area contributed by atoms with Crippen LogP contribution in [-0.2, 0) is 16.6 Å². The van der Waals surface area contributed by atoms with E-state index in [4.69, 9.17) is 4.74 Å². The Hall–Kier alpha value is -2.29. The van der Waals surface area contributed by atoms with Crippen LogP contribution in [0.3, 0.4) is 0 Å². The minimum Gasteiger partial charge on any atom is -0.481 e. The maximum absolute atomic E-state index is 12.7. The van der Waals surface area contributed by atoms with Crippen molar-refractivity contribution in [2.75, 3.05) is 0 Å². The fraction of sp³-hybridized carbons (Fsp3) is 0.458. The van der Waals surface area contributed by atoms with Gasteiger partial charge in [-0.1, -0.05) is 71.0 Å². The molecule has 1 amide bonds. The zero-order chi connectivity index (χ0) is 20.0. The Balaban J connectivity index is 2.00. The average Bonchev–Trinajstić information content (AvgIpc) is 2.65. The minimum atomic E-state index is -0.497. The van der Waals surface area contributed by atoms with E-state index >= 15 is 0 Å². The highest BCUT2D eigenvalue weighted by molar-refractivity contribution is 5.81. The van der Waals surface area contributed by atoms with Crippen molar-refractivity contribution in [2.45, 2.75) is 71.9 Å². The predicted molar refractivity (Wildman–Crippen MR) is 112 cm³/mol. The molecule has 0 bridgehead atoms. The van der Waals surface area contributed by atoms with Gasteiger partial charge in [0, 0.05) is 0 Å². The lowest BCUT2D eigenvalue weighted by Gasteiger charge is -2.22. The number of amides is 1. The summed E-state index contributed by atoms with van der Waals surface area (Å²) >= 11 is 0. The van der Waals surface area contributed by atoms with Crippen molar-refractivity contribution >= 4 is 5.91 Å². The summed E-state index contributed by atoms with van der Waals surface area (Å²) < 4.78 is 5.95. The number of aryl methyl sites for hydroxylation is 1. The molecular weight excluding hydrogens is 334 g/mol. The Morgan fingerprint density at radius 2 is 1.59 bits per heavy atom. The van der Waals surface area contributed by atoms with E-state index in [9.17, 15) is 4.79 Å². The predicted octanol–water partition coefficient (Wildman–Crippen LogP) is 5.58. The van der Waals surface area contributed by atoms with E-state index < -0.39 is 6.10 Å². The quantitative estimate of drug-likeness (QED) is 0.693. The number of carbonyl (C=O) groups is 1. The van der Waals surface area contributed by atoms with Crippen molar-refractivity contribution in [3.05, 3.63) is 65.2 Å². The number of nitrogens with one attached hydrogen (secondary N) is 1. The lowest BCUT2D eigenvalue weighted by Crippen LogP contribution is -2.39. The first-order valence-corrected chi connectivity index (χ1v) is 9.91. The molecule has 0 radical (unpaired) electrons. The fourth-order valence-corrected chi connectivity index (χ4v) is 2.95. The van der Waals surface area contributed by atoms with Crippen LogP contribution in [0.5, 0.6) is 5.75 Å². The summed E-state index contributed by atoms with van der Waals surface area (Å²) in [6.07, 6.45) is 1.14. The normalized spacial score (nSPS) is 13.7. The van der Waals surface area contributed by atoms with Gasteiger partial charge in [-0.25, -0.2) is 0 Å². The van der Waals surface area contributed by atoms with Crippen molar-refractivity contribution in [2.24, 2.45) is 0 Å². The van der Waals surface area contributed by atoms with Crippen LogP contribution in [0.15, 0.2) is 48.5 Å². The number of hydrogen-bond acceptors (Lipinski definition) is 2. The van der Waals surface area contributed by atoms with E-state index in [1.165, 1.54) is 11.1 Å². The second kappa shape index (κ2) is 9.07. The third-order valence-electron chi connectivity index (χ3n) is 4.91. The van der Waals surface area contributed by atoms with Gasteiger partial charge in [-0.15, -0.1) is 0 Å². The minimum absolute atomic E-state index is 0.0516. The molecule has 0 saturated heterocycles. The number of hydrogen-bond donors (Lipinski definition) is 1. The van der Waals surface area contributed by atoms with Gasteiger partial charge in [-0.2, -0.15) is 0 Å². The molecule has 0 aliphatic carbocycles. The van der Waals surface area contributed by atoms with E-state index in [1.54, 1.807) is 0 Å². The molecule has 2 unspecified atom stereocenters. The molecule has 0 heterocycles. The molecule has 0 fully saturated rings.